The van der Waals surface area contributed by atoms with Crippen molar-refractivity contribution in [2.75, 3.05) is 12.3 Å². The Labute approximate surface area is 72.0 Å². The Morgan fingerprint density at radius 2 is 2.00 bits per heavy atom. The van der Waals surface area contributed by atoms with E-state index in [4.69, 9.17) is 10.8 Å². The van der Waals surface area contributed by atoms with Crippen LogP contribution in [0.1, 0.15) is 17.9 Å². The van der Waals surface area contributed by atoms with E-state index < -0.39 is 0 Å². The molecule has 0 aliphatic heterocycles. The SMILES string of the molecule is Nc1ccc(C2CC2CO)cc1. The maximum Gasteiger partial charge on any atom is 0.0465 e. The maximum absolute atomic E-state index is 8.87. The van der Waals surface area contributed by atoms with Crippen molar-refractivity contribution in [3.05, 3.63) is 29.8 Å². The largest absolute Gasteiger partial charge is 0.399 e. The average molecular weight is 163 g/mol. The molecule has 0 aromatic heterocycles. The van der Waals surface area contributed by atoms with Crippen LogP contribution in [-0.2, 0) is 0 Å². The normalized spacial score (nSPS) is 27.1. The minimum absolute atomic E-state index is 0.315. The summed E-state index contributed by atoms with van der Waals surface area (Å²) in [6.45, 7) is 0.315. The summed E-state index contributed by atoms with van der Waals surface area (Å²) in [5.74, 6) is 1.07. The Hall–Kier alpha value is -1.02. The molecule has 1 aromatic rings. The van der Waals surface area contributed by atoms with E-state index in [1.54, 1.807) is 0 Å². The second-order valence-electron chi connectivity index (χ2n) is 3.45. The van der Waals surface area contributed by atoms with Gasteiger partial charge in [0.1, 0.15) is 0 Å². The Morgan fingerprint density at radius 1 is 1.33 bits per heavy atom. The lowest BCUT2D eigenvalue weighted by Crippen LogP contribution is -1.89. The highest BCUT2D eigenvalue weighted by Crippen LogP contribution is 2.46. The number of hydrogen-bond acceptors (Lipinski definition) is 2. The van der Waals surface area contributed by atoms with Gasteiger partial charge in [-0.3, -0.25) is 0 Å². The third kappa shape index (κ3) is 1.30. The minimum atomic E-state index is 0.315. The Balaban J connectivity index is 2.10. The third-order valence-electron chi connectivity index (χ3n) is 2.52. The highest BCUT2D eigenvalue weighted by molar-refractivity contribution is 5.41. The van der Waals surface area contributed by atoms with Crippen molar-refractivity contribution in [1.29, 1.82) is 0 Å². The van der Waals surface area contributed by atoms with E-state index in [1.807, 2.05) is 12.1 Å². The highest BCUT2D eigenvalue weighted by Gasteiger charge is 2.37. The molecule has 0 radical (unpaired) electrons. The summed E-state index contributed by atoms with van der Waals surface area (Å²) in [5, 5.41) is 8.87. The van der Waals surface area contributed by atoms with E-state index in [0.717, 1.165) is 12.1 Å². The van der Waals surface area contributed by atoms with Crippen LogP contribution in [0.3, 0.4) is 0 Å². The number of anilines is 1. The van der Waals surface area contributed by atoms with Crippen molar-refractivity contribution in [3.8, 4) is 0 Å². The topological polar surface area (TPSA) is 46.2 Å². The van der Waals surface area contributed by atoms with Gasteiger partial charge in [0.25, 0.3) is 0 Å². The molecule has 0 spiro atoms. The van der Waals surface area contributed by atoms with Crippen LogP contribution in [0.2, 0.25) is 0 Å². The van der Waals surface area contributed by atoms with Gasteiger partial charge >= 0.3 is 0 Å². The quantitative estimate of drug-likeness (QED) is 0.647. The molecule has 1 aliphatic carbocycles. The van der Waals surface area contributed by atoms with Gasteiger partial charge in [0, 0.05) is 12.3 Å². The molecule has 2 atom stereocenters. The molecule has 0 heterocycles. The molecule has 0 bridgehead atoms. The standard InChI is InChI=1S/C10H13NO/c11-9-3-1-7(2-4-9)10-5-8(10)6-12/h1-4,8,10,12H,5-6,11H2. The highest BCUT2D eigenvalue weighted by atomic mass is 16.3. The number of aliphatic hydroxyl groups excluding tert-OH is 1. The van der Waals surface area contributed by atoms with Gasteiger partial charge in [-0.15, -0.1) is 0 Å². The summed E-state index contributed by atoms with van der Waals surface area (Å²) < 4.78 is 0. The zero-order valence-electron chi connectivity index (χ0n) is 6.90. The zero-order valence-corrected chi connectivity index (χ0v) is 6.90. The Kier molecular flexibility index (Phi) is 1.77. The van der Waals surface area contributed by atoms with Crippen LogP contribution in [0, 0.1) is 5.92 Å². The third-order valence-corrected chi connectivity index (χ3v) is 2.52. The van der Waals surface area contributed by atoms with E-state index >= 15 is 0 Å². The smallest absolute Gasteiger partial charge is 0.0465 e. The predicted octanol–water partition coefficient (Wildman–Crippen LogP) is 1.36. The molecule has 1 saturated carbocycles. The molecule has 0 saturated heterocycles. The van der Waals surface area contributed by atoms with Crippen LogP contribution in [0.15, 0.2) is 24.3 Å². The van der Waals surface area contributed by atoms with E-state index in [2.05, 4.69) is 12.1 Å². The van der Waals surface area contributed by atoms with Crippen LogP contribution < -0.4 is 5.73 Å². The monoisotopic (exact) mass is 163 g/mol. The zero-order chi connectivity index (χ0) is 8.55. The lowest BCUT2D eigenvalue weighted by molar-refractivity contribution is 0.274. The van der Waals surface area contributed by atoms with E-state index in [-0.39, 0.29) is 0 Å². The first-order valence-corrected chi connectivity index (χ1v) is 4.27. The summed E-state index contributed by atoms with van der Waals surface area (Å²) in [6, 6.07) is 7.94. The summed E-state index contributed by atoms with van der Waals surface area (Å²) in [5.41, 5.74) is 7.68. The molecule has 3 N–H and O–H groups in total. The van der Waals surface area contributed by atoms with Crippen molar-refractivity contribution >= 4 is 5.69 Å². The summed E-state index contributed by atoms with van der Waals surface area (Å²) in [6.07, 6.45) is 1.13. The molecule has 0 amide bonds. The number of nitrogens with two attached hydrogens (primary N) is 1. The van der Waals surface area contributed by atoms with E-state index in [9.17, 15) is 0 Å². The first-order chi connectivity index (χ1) is 5.81. The number of benzene rings is 1. The fourth-order valence-corrected chi connectivity index (χ4v) is 1.60. The Bertz CT molecular complexity index is 268. The van der Waals surface area contributed by atoms with Crippen LogP contribution in [-0.4, -0.2) is 11.7 Å². The van der Waals surface area contributed by atoms with Crippen LogP contribution >= 0.6 is 0 Å². The molecule has 12 heavy (non-hydrogen) atoms. The van der Waals surface area contributed by atoms with Gasteiger partial charge in [-0.1, -0.05) is 12.1 Å². The minimum Gasteiger partial charge on any atom is -0.399 e. The predicted molar refractivity (Wildman–Crippen MR) is 48.8 cm³/mol. The van der Waals surface area contributed by atoms with Gasteiger partial charge in [0.2, 0.25) is 0 Å². The van der Waals surface area contributed by atoms with Crippen LogP contribution in [0.25, 0.3) is 0 Å². The van der Waals surface area contributed by atoms with Crippen LogP contribution in [0.4, 0.5) is 5.69 Å². The first kappa shape index (κ1) is 7.62. The molecule has 1 aliphatic rings. The molecular weight excluding hydrogens is 150 g/mol. The summed E-state index contributed by atoms with van der Waals surface area (Å²) in [7, 11) is 0. The van der Waals surface area contributed by atoms with E-state index in [1.165, 1.54) is 5.56 Å². The van der Waals surface area contributed by atoms with Crippen molar-refractivity contribution in [2.45, 2.75) is 12.3 Å². The van der Waals surface area contributed by atoms with Gasteiger partial charge in [-0.05, 0) is 36.0 Å². The first-order valence-electron chi connectivity index (χ1n) is 4.27. The average Bonchev–Trinajstić information content (AvgIpc) is 2.85. The van der Waals surface area contributed by atoms with Gasteiger partial charge in [-0.25, -0.2) is 0 Å². The molecule has 2 rings (SSSR count). The summed E-state index contributed by atoms with van der Waals surface area (Å²) in [4.78, 5) is 0. The van der Waals surface area contributed by atoms with Gasteiger partial charge < -0.3 is 10.8 Å². The Morgan fingerprint density at radius 3 is 2.50 bits per heavy atom. The molecule has 2 unspecified atom stereocenters. The van der Waals surface area contributed by atoms with Crippen molar-refractivity contribution in [2.24, 2.45) is 5.92 Å². The van der Waals surface area contributed by atoms with Gasteiger partial charge in [0.15, 0.2) is 0 Å². The second kappa shape index (κ2) is 2.79. The molecule has 2 heteroatoms. The van der Waals surface area contributed by atoms with Crippen molar-refractivity contribution < 1.29 is 5.11 Å². The molecule has 1 aromatic carbocycles. The second-order valence-corrected chi connectivity index (χ2v) is 3.45. The lowest BCUT2D eigenvalue weighted by Gasteiger charge is -1.98. The maximum atomic E-state index is 8.87. The van der Waals surface area contributed by atoms with E-state index in [0.29, 0.717) is 18.4 Å². The fraction of sp³-hybridized carbons (Fsp3) is 0.400. The van der Waals surface area contributed by atoms with Gasteiger partial charge in [0.05, 0.1) is 0 Å². The number of nitrogen functional groups attached to an aromatic ring is 1. The van der Waals surface area contributed by atoms with Crippen LogP contribution in [0.5, 0.6) is 0 Å². The molecule has 64 valence electrons. The number of aliphatic hydroxyl groups is 1. The van der Waals surface area contributed by atoms with Crippen molar-refractivity contribution in [1.82, 2.24) is 0 Å². The molecule has 1 fully saturated rings. The summed E-state index contributed by atoms with van der Waals surface area (Å²) >= 11 is 0. The molecular formula is C10H13NO. The number of hydrogen-bond donors (Lipinski definition) is 2. The van der Waals surface area contributed by atoms with Crippen molar-refractivity contribution in [3.63, 3.8) is 0 Å². The fourth-order valence-electron chi connectivity index (χ4n) is 1.60. The lowest BCUT2D eigenvalue weighted by atomic mass is 10.1. The number of rotatable bonds is 2. The molecule has 2 nitrogen and oxygen atoms in total. The van der Waals surface area contributed by atoms with Gasteiger partial charge in [-0.2, -0.15) is 0 Å².